The highest BCUT2D eigenvalue weighted by atomic mass is 16.3. The van der Waals surface area contributed by atoms with Gasteiger partial charge in [-0.25, -0.2) is 0 Å². The monoisotopic (exact) mass is 153 g/mol. The molecule has 0 aromatic rings. The van der Waals surface area contributed by atoms with Crippen molar-refractivity contribution in [3.63, 3.8) is 0 Å². The van der Waals surface area contributed by atoms with Crippen molar-refractivity contribution in [1.29, 1.82) is 0 Å². The molecule has 2 N–H and O–H groups in total. The van der Waals surface area contributed by atoms with Crippen LogP contribution in [-0.4, -0.2) is 23.3 Å². The molecule has 0 bridgehead atoms. The maximum atomic E-state index is 9.84. The van der Waals surface area contributed by atoms with Crippen molar-refractivity contribution >= 4 is 0 Å². The highest BCUT2D eigenvalue weighted by Gasteiger charge is 2.37. The van der Waals surface area contributed by atoms with E-state index in [9.17, 15) is 5.11 Å². The van der Waals surface area contributed by atoms with Crippen molar-refractivity contribution in [2.24, 2.45) is 5.92 Å². The number of hydrogen-bond donors (Lipinski definition) is 2. The van der Waals surface area contributed by atoms with E-state index in [-0.39, 0.29) is 5.92 Å². The van der Waals surface area contributed by atoms with E-state index in [2.05, 4.69) is 11.2 Å². The molecule has 1 saturated heterocycles. The molecule has 1 rings (SSSR count). The summed E-state index contributed by atoms with van der Waals surface area (Å²) in [5, 5.41) is 13.1. The van der Waals surface area contributed by atoms with Crippen molar-refractivity contribution in [3.05, 3.63) is 0 Å². The summed E-state index contributed by atoms with van der Waals surface area (Å²) in [6.07, 6.45) is 5.92. The van der Waals surface area contributed by atoms with Crippen LogP contribution in [-0.2, 0) is 0 Å². The number of hydrogen-bond acceptors (Lipinski definition) is 2. The smallest absolute Gasteiger partial charge is 0.130 e. The molecule has 0 amide bonds. The number of nitrogens with one attached hydrogen (secondary N) is 1. The fraction of sp³-hybridized carbons (Fsp3) is 0.778. The molecule has 0 unspecified atom stereocenters. The van der Waals surface area contributed by atoms with E-state index in [0.717, 1.165) is 6.54 Å². The van der Waals surface area contributed by atoms with Gasteiger partial charge in [0.15, 0.2) is 0 Å². The standard InChI is InChI=1S/C9H15NO/c1-4-9(11)5-6-10-8(3)7(9)2/h1,7-8,10-11H,5-6H2,2-3H3/t7-,8-,9+/m1/s1. The minimum absolute atomic E-state index is 0.140. The Morgan fingerprint density at radius 3 is 2.73 bits per heavy atom. The molecule has 62 valence electrons. The summed E-state index contributed by atoms with van der Waals surface area (Å²) < 4.78 is 0. The topological polar surface area (TPSA) is 32.3 Å². The highest BCUT2D eigenvalue weighted by molar-refractivity contribution is 5.13. The van der Waals surface area contributed by atoms with E-state index in [1.807, 2.05) is 13.8 Å². The second-order valence-electron chi connectivity index (χ2n) is 3.35. The molecule has 1 fully saturated rings. The van der Waals surface area contributed by atoms with Gasteiger partial charge in [0.05, 0.1) is 0 Å². The zero-order valence-corrected chi connectivity index (χ0v) is 7.09. The zero-order chi connectivity index (χ0) is 8.48. The Morgan fingerprint density at radius 1 is 1.64 bits per heavy atom. The second-order valence-corrected chi connectivity index (χ2v) is 3.35. The van der Waals surface area contributed by atoms with Crippen molar-refractivity contribution in [2.45, 2.75) is 31.9 Å². The van der Waals surface area contributed by atoms with E-state index in [1.165, 1.54) is 0 Å². The van der Waals surface area contributed by atoms with Gasteiger partial charge in [0.25, 0.3) is 0 Å². The molecule has 1 heterocycles. The molecule has 1 aliphatic heterocycles. The summed E-state index contributed by atoms with van der Waals surface area (Å²) in [5.74, 6) is 2.62. The molecule has 2 heteroatoms. The first-order valence-corrected chi connectivity index (χ1v) is 4.03. The predicted molar refractivity (Wildman–Crippen MR) is 45.0 cm³/mol. The van der Waals surface area contributed by atoms with Crippen LogP contribution in [0.15, 0.2) is 0 Å². The van der Waals surface area contributed by atoms with Gasteiger partial charge in [-0.05, 0) is 13.5 Å². The first-order valence-electron chi connectivity index (χ1n) is 4.03. The minimum Gasteiger partial charge on any atom is -0.377 e. The Hall–Kier alpha value is -0.520. The van der Waals surface area contributed by atoms with Crippen molar-refractivity contribution in [3.8, 4) is 12.3 Å². The summed E-state index contributed by atoms with van der Waals surface area (Å²) >= 11 is 0. The largest absolute Gasteiger partial charge is 0.377 e. The van der Waals surface area contributed by atoms with Crippen molar-refractivity contribution in [2.75, 3.05) is 6.54 Å². The van der Waals surface area contributed by atoms with Gasteiger partial charge < -0.3 is 10.4 Å². The molecular formula is C9H15NO. The summed E-state index contributed by atoms with van der Waals surface area (Å²) in [6.45, 7) is 4.84. The molecule has 2 nitrogen and oxygen atoms in total. The Morgan fingerprint density at radius 2 is 2.27 bits per heavy atom. The average molecular weight is 153 g/mol. The van der Waals surface area contributed by atoms with Gasteiger partial charge in [0, 0.05) is 18.4 Å². The molecule has 0 aliphatic carbocycles. The van der Waals surface area contributed by atoms with Gasteiger partial charge in [-0.15, -0.1) is 6.42 Å². The SMILES string of the molecule is C#C[C@]1(O)CCN[C@H](C)[C@H]1C. The van der Waals surface area contributed by atoms with E-state index in [4.69, 9.17) is 6.42 Å². The molecule has 1 aliphatic rings. The Balaban J connectivity index is 2.74. The van der Waals surface area contributed by atoms with Crippen LogP contribution < -0.4 is 5.32 Å². The van der Waals surface area contributed by atoms with E-state index in [0.29, 0.717) is 12.5 Å². The second kappa shape index (κ2) is 2.84. The third-order valence-electron chi connectivity index (χ3n) is 2.73. The Labute approximate surface area is 68.0 Å². The number of rotatable bonds is 0. The van der Waals surface area contributed by atoms with Crippen LogP contribution in [0.5, 0.6) is 0 Å². The normalized spacial score (nSPS) is 44.9. The van der Waals surface area contributed by atoms with Crippen molar-refractivity contribution < 1.29 is 5.11 Å². The van der Waals surface area contributed by atoms with Crippen LogP contribution in [0, 0.1) is 18.3 Å². The molecule has 0 saturated carbocycles. The van der Waals surface area contributed by atoms with Crippen molar-refractivity contribution in [1.82, 2.24) is 5.32 Å². The molecule has 0 aromatic heterocycles. The average Bonchev–Trinajstić information content (AvgIpc) is 2.00. The lowest BCUT2D eigenvalue weighted by atomic mass is 9.79. The first kappa shape index (κ1) is 8.58. The van der Waals surface area contributed by atoms with Gasteiger partial charge in [-0.3, -0.25) is 0 Å². The zero-order valence-electron chi connectivity index (χ0n) is 7.09. The fourth-order valence-electron chi connectivity index (χ4n) is 1.51. The van der Waals surface area contributed by atoms with Crippen LogP contribution >= 0.6 is 0 Å². The minimum atomic E-state index is -0.884. The maximum absolute atomic E-state index is 9.84. The lowest BCUT2D eigenvalue weighted by Crippen LogP contribution is -2.53. The summed E-state index contributed by atoms with van der Waals surface area (Å²) in [6, 6.07) is 0.310. The third kappa shape index (κ3) is 1.40. The van der Waals surface area contributed by atoms with Crippen LogP contribution in [0.4, 0.5) is 0 Å². The molecule has 3 atom stereocenters. The quantitative estimate of drug-likeness (QED) is 0.493. The summed E-state index contributed by atoms with van der Waals surface area (Å²) in [4.78, 5) is 0. The van der Waals surface area contributed by atoms with Gasteiger partial charge in [-0.1, -0.05) is 12.8 Å². The number of terminal acetylenes is 1. The van der Waals surface area contributed by atoms with E-state index in [1.54, 1.807) is 0 Å². The lowest BCUT2D eigenvalue weighted by Gasteiger charge is -2.38. The lowest BCUT2D eigenvalue weighted by molar-refractivity contribution is 0.00256. The third-order valence-corrected chi connectivity index (χ3v) is 2.73. The molecule has 11 heavy (non-hydrogen) atoms. The molecular weight excluding hydrogens is 138 g/mol. The van der Waals surface area contributed by atoms with Crippen LogP contribution in [0.2, 0.25) is 0 Å². The number of piperidine rings is 1. The van der Waals surface area contributed by atoms with Gasteiger partial charge in [-0.2, -0.15) is 0 Å². The Kier molecular flexibility index (Phi) is 2.22. The van der Waals surface area contributed by atoms with Gasteiger partial charge >= 0.3 is 0 Å². The van der Waals surface area contributed by atoms with E-state index < -0.39 is 5.60 Å². The van der Waals surface area contributed by atoms with Gasteiger partial charge in [0.2, 0.25) is 0 Å². The predicted octanol–water partition coefficient (Wildman–Crippen LogP) is 0.369. The molecule has 0 radical (unpaired) electrons. The molecule has 0 aromatic carbocycles. The highest BCUT2D eigenvalue weighted by Crippen LogP contribution is 2.26. The fourth-order valence-corrected chi connectivity index (χ4v) is 1.51. The summed E-state index contributed by atoms with van der Waals surface area (Å²) in [5.41, 5.74) is -0.884. The molecule has 0 spiro atoms. The van der Waals surface area contributed by atoms with Crippen LogP contribution in [0.3, 0.4) is 0 Å². The van der Waals surface area contributed by atoms with Crippen LogP contribution in [0.25, 0.3) is 0 Å². The first-order chi connectivity index (χ1) is 5.10. The number of aliphatic hydroxyl groups is 1. The van der Waals surface area contributed by atoms with Crippen LogP contribution in [0.1, 0.15) is 20.3 Å². The maximum Gasteiger partial charge on any atom is 0.130 e. The van der Waals surface area contributed by atoms with E-state index >= 15 is 0 Å². The summed E-state index contributed by atoms with van der Waals surface area (Å²) in [7, 11) is 0. The Bertz CT molecular complexity index is 184. The van der Waals surface area contributed by atoms with Gasteiger partial charge in [0.1, 0.15) is 5.60 Å².